The smallest absolute Gasteiger partial charge is 0.251 e. The number of carbonyl (C=O) groups is 1. The average Bonchev–Trinajstić information content (AvgIpc) is 2.91. The minimum atomic E-state index is -0.00185. The van der Waals surface area contributed by atoms with Crippen molar-refractivity contribution in [2.45, 2.75) is 46.6 Å². The number of ether oxygens (including phenoxy) is 1. The molecular formula is C16H25NO2. The van der Waals surface area contributed by atoms with Crippen LogP contribution in [0.4, 0.5) is 0 Å². The summed E-state index contributed by atoms with van der Waals surface area (Å²) in [7, 11) is 0. The Kier molecular flexibility index (Phi) is 6.57. The molecule has 0 saturated carbocycles. The van der Waals surface area contributed by atoms with Gasteiger partial charge in [-0.25, -0.2) is 0 Å². The van der Waals surface area contributed by atoms with Crippen LogP contribution in [0.3, 0.4) is 0 Å². The first-order valence-electron chi connectivity index (χ1n) is 7.14. The molecule has 1 atom stereocenters. The van der Waals surface area contributed by atoms with E-state index in [1.54, 1.807) is 0 Å². The molecule has 0 spiro atoms. The van der Waals surface area contributed by atoms with Crippen LogP contribution in [0.5, 0.6) is 0 Å². The molecule has 3 heteroatoms. The van der Waals surface area contributed by atoms with Crippen LogP contribution >= 0.6 is 0 Å². The maximum absolute atomic E-state index is 12.0. The number of aryl methyl sites for hydroxylation is 2. The largest absolute Gasteiger partial charge is 0.376 e. The van der Waals surface area contributed by atoms with Gasteiger partial charge < -0.3 is 10.1 Å². The normalized spacial score (nSPS) is 17.6. The van der Waals surface area contributed by atoms with E-state index in [0.717, 1.165) is 30.6 Å². The fraction of sp³-hybridized carbons (Fsp3) is 0.562. The number of hydrogen-bond acceptors (Lipinski definition) is 2. The number of amides is 1. The van der Waals surface area contributed by atoms with Crippen LogP contribution in [0.1, 0.15) is 48.2 Å². The van der Waals surface area contributed by atoms with Gasteiger partial charge in [-0.3, -0.25) is 4.79 Å². The van der Waals surface area contributed by atoms with Crippen molar-refractivity contribution in [2.75, 3.05) is 13.2 Å². The quantitative estimate of drug-likeness (QED) is 0.909. The van der Waals surface area contributed by atoms with E-state index in [0.29, 0.717) is 6.54 Å². The molecule has 1 unspecified atom stereocenters. The summed E-state index contributed by atoms with van der Waals surface area (Å²) in [5.41, 5.74) is 2.96. The number of rotatable bonds is 3. The highest BCUT2D eigenvalue weighted by molar-refractivity contribution is 5.95. The van der Waals surface area contributed by atoms with Crippen molar-refractivity contribution >= 4 is 5.91 Å². The maximum Gasteiger partial charge on any atom is 0.251 e. The highest BCUT2D eigenvalue weighted by atomic mass is 16.5. The first-order chi connectivity index (χ1) is 9.16. The predicted octanol–water partition coefficient (Wildman–Crippen LogP) is 3.24. The third kappa shape index (κ3) is 4.67. The summed E-state index contributed by atoms with van der Waals surface area (Å²) in [5.74, 6) is -0.00185. The number of hydrogen-bond donors (Lipinski definition) is 1. The van der Waals surface area contributed by atoms with Crippen LogP contribution < -0.4 is 5.32 Å². The van der Waals surface area contributed by atoms with Gasteiger partial charge in [-0.2, -0.15) is 0 Å². The van der Waals surface area contributed by atoms with Crippen molar-refractivity contribution in [2.24, 2.45) is 0 Å². The zero-order valence-corrected chi connectivity index (χ0v) is 12.5. The highest BCUT2D eigenvalue weighted by Gasteiger charge is 2.17. The standard InChI is InChI=1S/C14H19NO2.C2H6/c1-10-5-6-13(11(2)8-10)14(16)15-9-12-4-3-7-17-12;1-2/h5-6,8,12H,3-4,7,9H2,1-2H3,(H,15,16);1-2H3. The zero-order chi connectivity index (χ0) is 14.3. The van der Waals surface area contributed by atoms with E-state index in [4.69, 9.17) is 4.74 Å². The molecule has 1 fully saturated rings. The molecule has 2 rings (SSSR count). The molecule has 1 heterocycles. The Morgan fingerprint density at radius 1 is 1.37 bits per heavy atom. The fourth-order valence-electron chi connectivity index (χ4n) is 2.18. The molecule has 3 nitrogen and oxygen atoms in total. The van der Waals surface area contributed by atoms with Gasteiger partial charge in [0.2, 0.25) is 0 Å². The average molecular weight is 263 g/mol. The first-order valence-corrected chi connectivity index (χ1v) is 7.14. The number of carbonyl (C=O) groups excluding carboxylic acids is 1. The van der Waals surface area contributed by atoms with Crippen LogP contribution in [0.25, 0.3) is 0 Å². The molecule has 1 N–H and O–H groups in total. The molecular weight excluding hydrogens is 238 g/mol. The third-order valence-corrected chi connectivity index (χ3v) is 3.14. The van der Waals surface area contributed by atoms with Gasteiger partial charge in [-0.05, 0) is 38.3 Å². The summed E-state index contributed by atoms with van der Waals surface area (Å²) >= 11 is 0. The van der Waals surface area contributed by atoms with Crippen molar-refractivity contribution < 1.29 is 9.53 Å². The summed E-state index contributed by atoms with van der Waals surface area (Å²) in [6.07, 6.45) is 2.35. The fourth-order valence-corrected chi connectivity index (χ4v) is 2.18. The van der Waals surface area contributed by atoms with E-state index in [2.05, 4.69) is 5.32 Å². The summed E-state index contributed by atoms with van der Waals surface area (Å²) in [6.45, 7) is 9.44. The lowest BCUT2D eigenvalue weighted by Crippen LogP contribution is -2.32. The maximum atomic E-state index is 12.0. The minimum Gasteiger partial charge on any atom is -0.376 e. The van der Waals surface area contributed by atoms with Crippen molar-refractivity contribution in [3.63, 3.8) is 0 Å². The molecule has 1 saturated heterocycles. The van der Waals surface area contributed by atoms with Crippen LogP contribution in [0.2, 0.25) is 0 Å². The molecule has 0 bridgehead atoms. The van der Waals surface area contributed by atoms with Crippen molar-refractivity contribution in [3.8, 4) is 0 Å². The highest BCUT2D eigenvalue weighted by Crippen LogP contribution is 2.12. The van der Waals surface area contributed by atoms with Crippen molar-refractivity contribution in [3.05, 3.63) is 34.9 Å². The Morgan fingerprint density at radius 3 is 2.68 bits per heavy atom. The Balaban J connectivity index is 0.000000861. The lowest BCUT2D eigenvalue weighted by atomic mass is 10.1. The summed E-state index contributed by atoms with van der Waals surface area (Å²) in [5, 5.41) is 2.94. The minimum absolute atomic E-state index is 0.00185. The van der Waals surface area contributed by atoms with Gasteiger partial charge in [-0.15, -0.1) is 0 Å². The Bertz CT molecular complexity index is 409. The molecule has 1 aromatic rings. The molecule has 0 aromatic heterocycles. The third-order valence-electron chi connectivity index (χ3n) is 3.14. The van der Waals surface area contributed by atoms with Crippen LogP contribution in [0, 0.1) is 13.8 Å². The Morgan fingerprint density at radius 2 is 2.11 bits per heavy atom. The molecule has 106 valence electrons. The van der Waals surface area contributed by atoms with Crippen LogP contribution in [0.15, 0.2) is 18.2 Å². The monoisotopic (exact) mass is 263 g/mol. The summed E-state index contributed by atoms with van der Waals surface area (Å²) in [4.78, 5) is 12.0. The SMILES string of the molecule is CC.Cc1ccc(C(=O)NCC2CCCO2)c(C)c1. The molecule has 1 aliphatic rings. The second-order valence-electron chi connectivity index (χ2n) is 4.66. The van der Waals surface area contributed by atoms with Gasteiger partial charge in [0.05, 0.1) is 6.10 Å². The van der Waals surface area contributed by atoms with Crippen molar-refractivity contribution in [1.82, 2.24) is 5.32 Å². The van der Waals surface area contributed by atoms with Crippen molar-refractivity contribution in [1.29, 1.82) is 0 Å². The summed E-state index contributed by atoms with van der Waals surface area (Å²) < 4.78 is 5.47. The summed E-state index contributed by atoms with van der Waals surface area (Å²) in [6, 6.07) is 5.88. The Hall–Kier alpha value is -1.35. The molecule has 1 aromatic carbocycles. The molecule has 1 aliphatic heterocycles. The van der Waals surface area contributed by atoms with E-state index in [9.17, 15) is 4.79 Å². The lowest BCUT2D eigenvalue weighted by Gasteiger charge is -2.12. The zero-order valence-electron chi connectivity index (χ0n) is 12.5. The predicted molar refractivity (Wildman–Crippen MR) is 78.6 cm³/mol. The Labute approximate surface area is 116 Å². The number of nitrogens with one attached hydrogen (secondary N) is 1. The van der Waals surface area contributed by atoms with Gasteiger partial charge >= 0.3 is 0 Å². The topological polar surface area (TPSA) is 38.3 Å². The van der Waals surface area contributed by atoms with E-state index in [1.165, 1.54) is 5.56 Å². The van der Waals surface area contributed by atoms with E-state index in [-0.39, 0.29) is 12.0 Å². The van der Waals surface area contributed by atoms with E-state index in [1.807, 2.05) is 45.9 Å². The van der Waals surface area contributed by atoms with Gasteiger partial charge in [0.25, 0.3) is 5.91 Å². The van der Waals surface area contributed by atoms with Gasteiger partial charge in [0, 0.05) is 18.7 Å². The molecule has 0 aliphatic carbocycles. The molecule has 1 amide bonds. The lowest BCUT2D eigenvalue weighted by molar-refractivity contribution is 0.0857. The molecule has 0 radical (unpaired) electrons. The molecule has 19 heavy (non-hydrogen) atoms. The van der Waals surface area contributed by atoms with Gasteiger partial charge in [0.1, 0.15) is 0 Å². The van der Waals surface area contributed by atoms with E-state index < -0.39 is 0 Å². The van der Waals surface area contributed by atoms with Gasteiger partial charge in [0.15, 0.2) is 0 Å². The van der Waals surface area contributed by atoms with E-state index >= 15 is 0 Å². The van der Waals surface area contributed by atoms with Crippen LogP contribution in [-0.4, -0.2) is 25.2 Å². The second-order valence-corrected chi connectivity index (χ2v) is 4.66. The first kappa shape index (κ1) is 15.7. The van der Waals surface area contributed by atoms with Crippen LogP contribution in [-0.2, 0) is 4.74 Å². The second kappa shape index (κ2) is 7.95. The number of benzene rings is 1. The van der Waals surface area contributed by atoms with Gasteiger partial charge in [-0.1, -0.05) is 31.5 Å².